The van der Waals surface area contributed by atoms with Gasteiger partial charge in [-0.2, -0.15) is 0 Å². The van der Waals surface area contributed by atoms with Crippen LogP contribution in [0.15, 0.2) is 9.00 Å². The zero-order chi connectivity index (χ0) is 15.6. The second-order valence-electron chi connectivity index (χ2n) is 6.14. The average Bonchev–Trinajstić information content (AvgIpc) is 2.94. The lowest BCUT2D eigenvalue weighted by Gasteiger charge is -2.28. The number of carbonyl (C=O) groups is 1. The van der Waals surface area contributed by atoms with Crippen LogP contribution in [0.4, 0.5) is 4.79 Å². The number of hydrogen-bond acceptors (Lipinski definition) is 5. The molecule has 7 heteroatoms. The van der Waals surface area contributed by atoms with Crippen molar-refractivity contribution in [1.29, 1.82) is 0 Å². The third-order valence-corrected chi connectivity index (χ3v) is 4.08. The van der Waals surface area contributed by atoms with E-state index in [1.54, 1.807) is 11.8 Å². The fourth-order valence-electron chi connectivity index (χ4n) is 2.18. The summed E-state index contributed by atoms with van der Waals surface area (Å²) in [6.45, 7) is 8.46. The fourth-order valence-corrected chi connectivity index (χ4v) is 2.43. The molecule has 1 amide bonds. The molecule has 21 heavy (non-hydrogen) atoms. The standard InChI is InChI=1S/C14H21BrN2O4/c1-9-11(15)12(16-21-9)19-8-10-6-5-7-17(10)13(18)20-14(2,3)4/h10H,5-8H2,1-4H3/t10-/m1/s1. The fraction of sp³-hybridized carbons (Fsp3) is 0.714. The summed E-state index contributed by atoms with van der Waals surface area (Å²) in [5.74, 6) is 1.09. The van der Waals surface area contributed by atoms with Gasteiger partial charge in [0.1, 0.15) is 16.7 Å². The van der Waals surface area contributed by atoms with Crippen molar-refractivity contribution in [3.8, 4) is 5.88 Å². The molecule has 0 spiro atoms. The first-order valence-electron chi connectivity index (χ1n) is 7.02. The molecule has 0 aromatic carbocycles. The Morgan fingerprint density at radius 3 is 2.81 bits per heavy atom. The predicted octanol–water partition coefficient (Wildman–Crippen LogP) is 3.52. The van der Waals surface area contributed by atoms with Crippen molar-refractivity contribution in [2.24, 2.45) is 0 Å². The van der Waals surface area contributed by atoms with Crippen LogP contribution in [-0.4, -0.2) is 40.9 Å². The first-order valence-corrected chi connectivity index (χ1v) is 7.81. The van der Waals surface area contributed by atoms with E-state index in [2.05, 4.69) is 21.1 Å². The number of ether oxygens (including phenoxy) is 2. The maximum Gasteiger partial charge on any atom is 0.410 e. The summed E-state index contributed by atoms with van der Waals surface area (Å²) in [5.41, 5.74) is -0.489. The highest BCUT2D eigenvalue weighted by molar-refractivity contribution is 9.10. The molecule has 6 nitrogen and oxygen atoms in total. The molecular weight excluding hydrogens is 340 g/mol. The van der Waals surface area contributed by atoms with Gasteiger partial charge >= 0.3 is 6.09 Å². The van der Waals surface area contributed by atoms with Crippen molar-refractivity contribution in [3.05, 3.63) is 10.2 Å². The van der Waals surface area contributed by atoms with Gasteiger partial charge in [-0.3, -0.25) is 0 Å². The van der Waals surface area contributed by atoms with Crippen molar-refractivity contribution in [1.82, 2.24) is 10.1 Å². The van der Waals surface area contributed by atoms with E-state index in [-0.39, 0.29) is 12.1 Å². The Morgan fingerprint density at radius 2 is 2.24 bits per heavy atom. The molecule has 0 bridgehead atoms. The van der Waals surface area contributed by atoms with Gasteiger partial charge in [-0.1, -0.05) is 0 Å². The van der Waals surface area contributed by atoms with E-state index in [0.29, 0.717) is 29.3 Å². The van der Waals surface area contributed by atoms with Crippen LogP contribution in [0.5, 0.6) is 5.88 Å². The molecule has 1 aromatic heterocycles. The minimum atomic E-state index is -0.489. The van der Waals surface area contributed by atoms with E-state index < -0.39 is 5.60 Å². The number of rotatable bonds is 3. The summed E-state index contributed by atoms with van der Waals surface area (Å²) in [5, 5.41) is 3.83. The minimum Gasteiger partial charge on any atom is -0.473 e. The Morgan fingerprint density at radius 1 is 1.52 bits per heavy atom. The SMILES string of the molecule is Cc1onc(OC[C@H]2CCCN2C(=O)OC(C)(C)C)c1Br. The number of halogens is 1. The van der Waals surface area contributed by atoms with E-state index in [9.17, 15) is 4.79 Å². The third-order valence-electron chi connectivity index (χ3n) is 3.18. The summed E-state index contributed by atoms with van der Waals surface area (Å²) in [4.78, 5) is 13.9. The number of aryl methyl sites for hydroxylation is 1. The molecule has 0 saturated carbocycles. The van der Waals surface area contributed by atoms with Crippen LogP contribution in [-0.2, 0) is 4.74 Å². The van der Waals surface area contributed by atoms with Gasteiger partial charge in [0.25, 0.3) is 5.88 Å². The van der Waals surface area contributed by atoms with Gasteiger partial charge in [-0.15, -0.1) is 0 Å². The van der Waals surface area contributed by atoms with Crippen molar-refractivity contribution in [2.45, 2.75) is 52.2 Å². The molecule has 1 aliphatic heterocycles. The Bertz CT molecular complexity index is 510. The van der Waals surface area contributed by atoms with E-state index in [1.165, 1.54) is 0 Å². The largest absolute Gasteiger partial charge is 0.473 e. The quantitative estimate of drug-likeness (QED) is 0.824. The van der Waals surface area contributed by atoms with Crippen molar-refractivity contribution in [3.63, 3.8) is 0 Å². The highest BCUT2D eigenvalue weighted by Crippen LogP contribution is 2.28. The van der Waals surface area contributed by atoms with E-state index in [1.807, 2.05) is 20.8 Å². The summed E-state index contributed by atoms with van der Waals surface area (Å²) in [6, 6.07) is 0.00348. The van der Waals surface area contributed by atoms with Gasteiger partial charge in [0.2, 0.25) is 0 Å². The smallest absolute Gasteiger partial charge is 0.410 e. The van der Waals surface area contributed by atoms with Gasteiger partial charge in [0.05, 0.1) is 6.04 Å². The molecule has 118 valence electrons. The number of hydrogen-bond donors (Lipinski definition) is 0. The van der Waals surface area contributed by atoms with Crippen molar-refractivity contribution < 1.29 is 18.8 Å². The van der Waals surface area contributed by atoms with E-state index >= 15 is 0 Å². The third kappa shape index (κ3) is 4.12. The molecule has 0 aliphatic carbocycles. The Hall–Kier alpha value is -1.24. The summed E-state index contributed by atoms with van der Waals surface area (Å²) < 4.78 is 16.8. The van der Waals surface area contributed by atoms with Crippen LogP contribution in [0.1, 0.15) is 39.4 Å². The minimum absolute atomic E-state index is 0.00348. The molecule has 0 N–H and O–H groups in total. The zero-order valence-electron chi connectivity index (χ0n) is 12.8. The Labute approximate surface area is 132 Å². The van der Waals surface area contributed by atoms with Gasteiger partial charge in [-0.25, -0.2) is 4.79 Å². The summed E-state index contributed by atoms with van der Waals surface area (Å²) >= 11 is 3.36. The van der Waals surface area contributed by atoms with Crippen LogP contribution in [0.25, 0.3) is 0 Å². The molecular formula is C14H21BrN2O4. The number of nitrogens with zero attached hydrogens (tertiary/aromatic N) is 2. The number of carbonyl (C=O) groups excluding carboxylic acids is 1. The molecule has 1 fully saturated rings. The van der Waals surface area contributed by atoms with Gasteiger partial charge in [-0.05, 0) is 61.6 Å². The Kier molecular flexibility index (Phi) is 4.81. The van der Waals surface area contributed by atoms with Crippen LogP contribution in [0, 0.1) is 6.92 Å². The second-order valence-corrected chi connectivity index (χ2v) is 6.93. The predicted molar refractivity (Wildman–Crippen MR) is 80.4 cm³/mol. The molecule has 1 saturated heterocycles. The average molecular weight is 361 g/mol. The lowest BCUT2D eigenvalue weighted by molar-refractivity contribution is 0.0184. The molecule has 0 unspecified atom stereocenters. The highest BCUT2D eigenvalue weighted by Gasteiger charge is 2.33. The normalized spacial score (nSPS) is 18.9. The monoisotopic (exact) mass is 360 g/mol. The van der Waals surface area contributed by atoms with E-state index in [0.717, 1.165) is 12.8 Å². The lowest BCUT2D eigenvalue weighted by atomic mass is 10.2. The summed E-state index contributed by atoms with van der Waals surface area (Å²) in [6.07, 6.45) is 1.56. The lowest BCUT2D eigenvalue weighted by Crippen LogP contribution is -2.42. The molecule has 1 aromatic rings. The second kappa shape index (κ2) is 6.25. The molecule has 2 heterocycles. The topological polar surface area (TPSA) is 64.8 Å². The molecule has 1 aliphatic rings. The van der Waals surface area contributed by atoms with Crippen molar-refractivity contribution >= 4 is 22.0 Å². The maximum absolute atomic E-state index is 12.2. The number of aromatic nitrogens is 1. The van der Waals surface area contributed by atoms with Crippen LogP contribution >= 0.6 is 15.9 Å². The van der Waals surface area contributed by atoms with Crippen LogP contribution in [0.2, 0.25) is 0 Å². The molecule has 1 atom stereocenters. The van der Waals surface area contributed by atoms with Gasteiger partial charge < -0.3 is 18.9 Å². The zero-order valence-corrected chi connectivity index (χ0v) is 14.4. The number of likely N-dealkylation sites (tertiary alicyclic amines) is 1. The van der Waals surface area contributed by atoms with Gasteiger partial charge in [0.15, 0.2) is 5.76 Å². The van der Waals surface area contributed by atoms with Crippen LogP contribution in [0.3, 0.4) is 0 Å². The first kappa shape index (κ1) is 16.1. The number of amides is 1. The van der Waals surface area contributed by atoms with Crippen LogP contribution < -0.4 is 4.74 Å². The molecule has 2 rings (SSSR count). The van der Waals surface area contributed by atoms with Gasteiger partial charge in [0, 0.05) is 6.54 Å². The highest BCUT2D eigenvalue weighted by atomic mass is 79.9. The first-order chi connectivity index (χ1) is 9.78. The summed E-state index contributed by atoms with van der Waals surface area (Å²) in [7, 11) is 0. The Balaban J connectivity index is 1.93. The van der Waals surface area contributed by atoms with Crippen molar-refractivity contribution in [2.75, 3.05) is 13.2 Å². The molecule has 0 radical (unpaired) electrons. The maximum atomic E-state index is 12.2. The van der Waals surface area contributed by atoms with E-state index in [4.69, 9.17) is 14.0 Å².